The summed E-state index contributed by atoms with van der Waals surface area (Å²) in [7, 11) is 0. The van der Waals surface area contributed by atoms with E-state index in [9.17, 15) is 23.1 Å². The zero-order valence-corrected chi connectivity index (χ0v) is 15.5. The minimum atomic E-state index is -5.08. The quantitative estimate of drug-likeness (QED) is 0.716. The van der Waals surface area contributed by atoms with Gasteiger partial charge < -0.3 is 14.6 Å². The van der Waals surface area contributed by atoms with Gasteiger partial charge in [0.2, 0.25) is 0 Å². The number of hydrogen-bond acceptors (Lipinski definition) is 4. The van der Waals surface area contributed by atoms with Crippen molar-refractivity contribution in [3.63, 3.8) is 0 Å². The largest absolute Gasteiger partial charge is 0.490 e. The Bertz CT molecular complexity index is 815. The lowest BCUT2D eigenvalue weighted by Crippen LogP contribution is -2.46. The van der Waals surface area contributed by atoms with Gasteiger partial charge in [0.15, 0.2) is 0 Å². The maximum absolute atomic E-state index is 11.3. The highest BCUT2D eigenvalue weighted by molar-refractivity contribution is 6.30. The van der Waals surface area contributed by atoms with E-state index in [2.05, 4.69) is 10.3 Å². The zero-order valence-electron chi connectivity index (χ0n) is 14.7. The third-order valence-corrected chi connectivity index (χ3v) is 3.61. The highest BCUT2D eigenvalue weighted by Crippen LogP contribution is 2.20. The van der Waals surface area contributed by atoms with Gasteiger partial charge in [-0.1, -0.05) is 32.4 Å². The summed E-state index contributed by atoms with van der Waals surface area (Å²) in [6, 6.07) is 2.97. The summed E-state index contributed by atoms with van der Waals surface area (Å²) in [6.45, 7) is 6.09. The number of nitrogens with zero attached hydrogens (tertiary/aromatic N) is 2. The Balaban J connectivity index is 0.000000445. The van der Waals surface area contributed by atoms with Crippen LogP contribution in [-0.2, 0) is 16.1 Å². The van der Waals surface area contributed by atoms with Crippen LogP contribution in [0.3, 0.4) is 0 Å². The zero-order chi connectivity index (χ0) is 21.0. The average Bonchev–Trinajstić information content (AvgIpc) is 2.87. The van der Waals surface area contributed by atoms with Gasteiger partial charge in [-0.25, -0.2) is 9.78 Å². The molecule has 0 radical (unpaired) electrons. The highest BCUT2D eigenvalue weighted by atomic mass is 35.5. The molecule has 0 bridgehead atoms. The smallest absolute Gasteiger partial charge is 0.480 e. The predicted octanol–water partition coefficient (Wildman–Crippen LogP) is 3.21. The monoisotopic (exact) mass is 409 g/mol. The third kappa shape index (κ3) is 6.72. The van der Waals surface area contributed by atoms with E-state index in [1.807, 2.05) is 31.2 Å². The number of imidazole rings is 1. The molecular weight excluding hydrogens is 391 g/mol. The molecule has 2 aromatic heterocycles. The van der Waals surface area contributed by atoms with E-state index in [4.69, 9.17) is 21.5 Å². The molecule has 2 rings (SSSR count). The number of rotatable bonds is 4. The second-order valence-corrected chi connectivity index (χ2v) is 7.08. The fourth-order valence-electron chi connectivity index (χ4n) is 2.11. The van der Waals surface area contributed by atoms with Gasteiger partial charge in [-0.3, -0.25) is 10.1 Å². The second kappa shape index (κ2) is 8.57. The fourth-order valence-corrected chi connectivity index (χ4v) is 2.27. The van der Waals surface area contributed by atoms with Crippen LogP contribution in [0.4, 0.5) is 13.2 Å². The summed E-state index contributed by atoms with van der Waals surface area (Å²) in [5, 5.41) is 20.1. The normalized spacial score (nSPS) is 13.0. The van der Waals surface area contributed by atoms with Gasteiger partial charge in [0.05, 0.1) is 16.9 Å². The van der Waals surface area contributed by atoms with Crippen LogP contribution in [0.15, 0.2) is 24.5 Å². The topological polar surface area (TPSA) is 104 Å². The Labute approximate surface area is 157 Å². The Kier molecular flexibility index (Phi) is 7.21. The summed E-state index contributed by atoms with van der Waals surface area (Å²) >= 11 is 5.97. The number of carbonyl (C=O) groups is 2. The van der Waals surface area contributed by atoms with Gasteiger partial charge in [0.25, 0.3) is 0 Å². The van der Waals surface area contributed by atoms with Gasteiger partial charge in [-0.2, -0.15) is 13.2 Å². The van der Waals surface area contributed by atoms with Crippen molar-refractivity contribution in [3.05, 3.63) is 35.2 Å². The SMILES string of the molecule is CC(C)(C)[C@@H](NCc1cnc2ccc(Cl)cn12)C(=O)O.O=C(O)C(F)(F)F. The Morgan fingerprint density at radius 1 is 1.26 bits per heavy atom. The molecule has 0 aromatic carbocycles. The average molecular weight is 410 g/mol. The second-order valence-electron chi connectivity index (χ2n) is 6.65. The lowest BCUT2D eigenvalue weighted by molar-refractivity contribution is -0.192. The number of aromatic nitrogens is 2. The molecular formula is C16H19ClF3N3O4. The first-order chi connectivity index (χ1) is 12.2. The van der Waals surface area contributed by atoms with Gasteiger partial charge in [0, 0.05) is 12.7 Å². The molecule has 0 spiro atoms. The number of carboxylic acids is 2. The molecule has 1 atom stereocenters. The van der Waals surface area contributed by atoms with E-state index in [0.29, 0.717) is 11.6 Å². The van der Waals surface area contributed by atoms with Crippen molar-refractivity contribution in [2.45, 2.75) is 39.5 Å². The molecule has 150 valence electrons. The molecule has 0 unspecified atom stereocenters. The van der Waals surface area contributed by atoms with Crippen LogP contribution in [0.25, 0.3) is 5.65 Å². The first kappa shape index (κ1) is 22.7. The van der Waals surface area contributed by atoms with Crippen LogP contribution in [-0.4, -0.2) is 43.8 Å². The fraction of sp³-hybridized carbons (Fsp3) is 0.438. The Hall–Kier alpha value is -2.33. The van der Waals surface area contributed by atoms with Gasteiger partial charge in [0.1, 0.15) is 11.7 Å². The predicted molar refractivity (Wildman–Crippen MR) is 91.6 cm³/mol. The molecule has 0 saturated heterocycles. The van der Waals surface area contributed by atoms with Crippen LogP contribution in [0.5, 0.6) is 0 Å². The molecule has 0 aliphatic heterocycles. The Morgan fingerprint density at radius 3 is 2.26 bits per heavy atom. The van der Waals surface area contributed by atoms with Crippen LogP contribution in [0.1, 0.15) is 26.5 Å². The molecule has 7 nitrogen and oxygen atoms in total. The maximum Gasteiger partial charge on any atom is 0.490 e. The minimum Gasteiger partial charge on any atom is -0.480 e. The number of fused-ring (bicyclic) bond motifs is 1. The molecule has 0 amide bonds. The van der Waals surface area contributed by atoms with E-state index in [0.717, 1.165) is 11.3 Å². The maximum atomic E-state index is 11.3. The third-order valence-electron chi connectivity index (χ3n) is 3.39. The van der Waals surface area contributed by atoms with Crippen molar-refractivity contribution < 1.29 is 33.0 Å². The van der Waals surface area contributed by atoms with E-state index in [-0.39, 0.29) is 5.41 Å². The van der Waals surface area contributed by atoms with Crippen molar-refractivity contribution >= 4 is 29.2 Å². The number of hydrogen-bond donors (Lipinski definition) is 3. The van der Waals surface area contributed by atoms with Crippen LogP contribution in [0, 0.1) is 5.41 Å². The number of halogens is 4. The first-order valence-corrected chi connectivity index (χ1v) is 7.99. The standard InChI is InChI=1S/C14H18ClN3O2.C2HF3O2/c1-14(2,3)12(13(19)20)17-7-10-6-16-11-5-4-9(15)8-18(10)11;3-2(4,5)1(6)7/h4-6,8,12,17H,7H2,1-3H3,(H,19,20);(H,6,7)/t12-;/m0./s1. The van der Waals surface area contributed by atoms with Crippen molar-refractivity contribution in [2.75, 3.05) is 0 Å². The summed E-state index contributed by atoms with van der Waals surface area (Å²) < 4.78 is 33.6. The van der Waals surface area contributed by atoms with Crippen LogP contribution in [0.2, 0.25) is 5.02 Å². The van der Waals surface area contributed by atoms with Crippen LogP contribution >= 0.6 is 11.6 Å². The molecule has 2 heterocycles. The summed E-state index contributed by atoms with van der Waals surface area (Å²) in [5.74, 6) is -3.61. The Morgan fingerprint density at radius 2 is 1.81 bits per heavy atom. The van der Waals surface area contributed by atoms with Crippen LogP contribution < -0.4 is 5.32 Å². The number of carboxylic acid groups (broad SMARTS) is 2. The number of nitrogens with one attached hydrogen (secondary N) is 1. The molecule has 11 heteroatoms. The van der Waals surface area contributed by atoms with E-state index >= 15 is 0 Å². The van der Waals surface area contributed by atoms with E-state index in [1.54, 1.807) is 18.5 Å². The molecule has 2 aromatic rings. The molecule has 0 aliphatic rings. The summed E-state index contributed by atoms with van der Waals surface area (Å²) in [5.41, 5.74) is 1.29. The lowest BCUT2D eigenvalue weighted by Gasteiger charge is -2.27. The molecule has 0 aliphatic carbocycles. The van der Waals surface area contributed by atoms with Gasteiger partial charge >= 0.3 is 18.1 Å². The van der Waals surface area contributed by atoms with Gasteiger partial charge in [-0.15, -0.1) is 0 Å². The van der Waals surface area contributed by atoms with Crippen molar-refractivity contribution in [1.82, 2.24) is 14.7 Å². The lowest BCUT2D eigenvalue weighted by atomic mass is 9.87. The number of aliphatic carboxylic acids is 2. The van der Waals surface area contributed by atoms with Gasteiger partial charge in [-0.05, 0) is 17.5 Å². The molecule has 3 N–H and O–H groups in total. The summed E-state index contributed by atoms with van der Waals surface area (Å²) in [4.78, 5) is 24.5. The van der Waals surface area contributed by atoms with E-state index < -0.39 is 24.2 Å². The van der Waals surface area contributed by atoms with Crippen molar-refractivity contribution in [2.24, 2.45) is 5.41 Å². The number of alkyl halides is 3. The minimum absolute atomic E-state index is 0.371. The molecule has 0 fully saturated rings. The molecule has 0 saturated carbocycles. The van der Waals surface area contributed by atoms with Crippen molar-refractivity contribution in [1.29, 1.82) is 0 Å². The van der Waals surface area contributed by atoms with Crippen molar-refractivity contribution in [3.8, 4) is 0 Å². The number of pyridine rings is 1. The highest BCUT2D eigenvalue weighted by Gasteiger charge is 2.38. The summed E-state index contributed by atoms with van der Waals surface area (Å²) in [6.07, 6.45) is -1.59. The first-order valence-electron chi connectivity index (χ1n) is 7.61. The van der Waals surface area contributed by atoms with E-state index in [1.165, 1.54) is 0 Å². The molecule has 27 heavy (non-hydrogen) atoms.